The van der Waals surface area contributed by atoms with Gasteiger partial charge in [-0.05, 0) is 57.8 Å². The molecule has 0 rings (SSSR count). The lowest BCUT2D eigenvalue weighted by atomic mass is 10.0. The Morgan fingerprint density at radius 3 is 0.864 bits per heavy atom. The maximum atomic E-state index is 12.6. The highest BCUT2D eigenvalue weighted by Crippen LogP contribution is 2.20. The van der Waals surface area contributed by atoms with Crippen LogP contribution in [0, 0.1) is 0 Å². The first-order chi connectivity index (χ1) is 43.5. The van der Waals surface area contributed by atoms with E-state index in [0.717, 1.165) is 44.9 Å². The van der Waals surface area contributed by atoms with Crippen molar-refractivity contribution in [3.05, 3.63) is 24.3 Å². The first-order valence-electron chi connectivity index (χ1n) is 40.6. The monoisotopic (exact) mass is 1240 g/mol. The van der Waals surface area contributed by atoms with E-state index in [1.807, 2.05) is 0 Å². The number of esters is 1. The van der Waals surface area contributed by atoms with Gasteiger partial charge in [0.15, 0.2) is 0 Å². The molecule has 3 N–H and O–H groups in total. The van der Waals surface area contributed by atoms with Crippen molar-refractivity contribution in [2.45, 2.75) is 475 Å². The third-order valence-corrected chi connectivity index (χ3v) is 19.3. The summed E-state index contributed by atoms with van der Waals surface area (Å²) in [5.74, 6) is -0.00648. The summed E-state index contributed by atoms with van der Waals surface area (Å²) in [6.45, 7) is 5.01. The van der Waals surface area contributed by atoms with Crippen LogP contribution in [0.1, 0.15) is 463 Å². The predicted octanol–water partition coefficient (Wildman–Crippen LogP) is 26.8. The number of hydrogen-bond acceptors (Lipinski definition) is 5. The number of hydrogen-bond donors (Lipinski definition) is 3. The lowest BCUT2D eigenvalue weighted by Gasteiger charge is -2.22. The van der Waals surface area contributed by atoms with E-state index in [9.17, 15) is 19.8 Å². The molecule has 0 saturated carbocycles. The highest BCUT2D eigenvalue weighted by atomic mass is 16.5. The number of aliphatic hydroxyl groups excluding tert-OH is 2. The molecule has 1 amide bonds. The van der Waals surface area contributed by atoms with Crippen LogP contribution in [0.15, 0.2) is 24.3 Å². The number of unbranched alkanes of at least 4 members (excludes halogenated alkanes) is 62. The Hall–Kier alpha value is -1.66. The van der Waals surface area contributed by atoms with Gasteiger partial charge in [-0.15, -0.1) is 0 Å². The van der Waals surface area contributed by atoms with Gasteiger partial charge >= 0.3 is 5.97 Å². The Balaban J connectivity index is 3.36. The zero-order chi connectivity index (χ0) is 63.5. The lowest BCUT2D eigenvalue weighted by Crippen LogP contribution is -2.45. The van der Waals surface area contributed by atoms with Crippen molar-refractivity contribution in [3.63, 3.8) is 0 Å². The van der Waals surface area contributed by atoms with Crippen molar-refractivity contribution >= 4 is 11.9 Å². The molecule has 0 aliphatic carbocycles. The largest absolute Gasteiger partial charge is 0.466 e. The third-order valence-electron chi connectivity index (χ3n) is 19.3. The molecule has 2 atom stereocenters. The quantitative estimate of drug-likeness (QED) is 0.0320. The molecule has 0 heterocycles. The number of carbonyl (C=O) groups is 2. The van der Waals surface area contributed by atoms with Crippen molar-refractivity contribution in [1.29, 1.82) is 0 Å². The summed E-state index contributed by atoms with van der Waals surface area (Å²) in [4.78, 5) is 24.7. The molecule has 0 bridgehead atoms. The minimum Gasteiger partial charge on any atom is -0.466 e. The Morgan fingerprint density at radius 2 is 0.568 bits per heavy atom. The highest BCUT2D eigenvalue weighted by Gasteiger charge is 2.20. The van der Waals surface area contributed by atoms with E-state index in [0.29, 0.717) is 25.9 Å². The van der Waals surface area contributed by atoms with Crippen LogP contribution in [-0.2, 0) is 14.3 Å². The van der Waals surface area contributed by atoms with E-state index in [1.54, 1.807) is 0 Å². The lowest BCUT2D eigenvalue weighted by molar-refractivity contribution is -0.143. The zero-order valence-electron chi connectivity index (χ0n) is 60.0. The Kier molecular flexibility index (Phi) is 76.3. The average Bonchev–Trinajstić information content (AvgIpc) is 3.57. The summed E-state index contributed by atoms with van der Waals surface area (Å²) in [6.07, 6.45) is 99.9. The molecule has 2 unspecified atom stereocenters. The molecule has 0 aliphatic rings. The number of allylic oxidation sites excluding steroid dienone is 4. The summed E-state index contributed by atoms with van der Waals surface area (Å²) in [5, 5.41) is 23.5. The van der Waals surface area contributed by atoms with E-state index in [-0.39, 0.29) is 18.5 Å². The topological polar surface area (TPSA) is 95.9 Å². The molecule has 6 heteroatoms. The van der Waals surface area contributed by atoms with Gasteiger partial charge in [0.1, 0.15) is 0 Å². The Labute approximate surface area is 551 Å². The first kappa shape index (κ1) is 86.3. The first-order valence-corrected chi connectivity index (χ1v) is 40.6. The fraction of sp³-hybridized carbons (Fsp3) is 0.927. The number of nitrogens with one attached hydrogen (secondary N) is 1. The molecule has 0 aliphatic heterocycles. The van der Waals surface area contributed by atoms with Crippen LogP contribution in [0.3, 0.4) is 0 Å². The number of aliphatic hydroxyl groups is 2. The normalized spacial score (nSPS) is 12.5. The van der Waals surface area contributed by atoms with Crippen molar-refractivity contribution in [2.24, 2.45) is 0 Å². The van der Waals surface area contributed by atoms with Gasteiger partial charge in [-0.2, -0.15) is 0 Å². The van der Waals surface area contributed by atoms with E-state index in [1.165, 1.54) is 385 Å². The summed E-state index contributed by atoms with van der Waals surface area (Å²) >= 11 is 0. The minimum atomic E-state index is -0.664. The van der Waals surface area contributed by atoms with E-state index < -0.39 is 12.1 Å². The van der Waals surface area contributed by atoms with E-state index in [2.05, 4.69) is 43.5 Å². The highest BCUT2D eigenvalue weighted by molar-refractivity contribution is 5.76. The molecule has 0 spiro atoms. The summed E-state index contributed by atoms with van der Waals surface area (Å²) < 4.78 is 5.50. The summed E-state index contributed by atoms with van der Waals surface area (Å²) in [5.41, 5.74) is 0. The molecule has 0 aromatic rings. The molecule has 6 nitrogen and oxygen atoms in total. The van der Waals surface area contributed by atoms with Crippen molar-refractivity contribution < 1.29 is 24.5 Å². The molecular weight excluding hydrogens is 1080 g/mol. The van der Waals surface area contributed by atoms with Gasteiger partial charge in [-0.1, -0.05) is 417 Å². The van der Waals surface area contributed by atoms with Gasteiger partial charge in [0.25, 0.3) is 0 Å². The van der Waals surface area contributed by atoms with Gasteiger partial charge in [-0.3, -0.25) is 9.59 Å². The summed E-state index contributed by atoms with van der Waals surface area (Å²) in [6, 6.07) is -0.541. The maximum Gasteiger partial charge on any atom is 0.305 e. The smallest absolute Gasteiger partial charge is 0.305 e. The second-order valence-corrected chi connectivity index (χ2v) is 28.1. The van der Waals surface area contributed by atoms with Gasteiger partial charge < -0.3 is 20.3 Å². The second-order valence-electron chi connectivity index (χ2n) is 28.1. The molecular formula is C82H159NO5. The van der Waals surface area contributed by atoms with Gasteiger partial charge in [-0.25, -0.2) is 0 Å². The van der Waals surface area contributed by atoms with Crippen molar-refractivity contribution in [3.8, 4) is 0 Å². The van der Waals surface area contributed by atoms with Crippen LogP contribution >= 0.6 is 0 Å². The number of carbonyl (C=O) groups excluding carboxylic acids is 2. The average molecular weight is 1240 g/mol. The van der Waals surface area contributed by atoms with Crippen LogP contribution in [0.2, 0.25) is 0 Å². The molecule has 0 radical (unpaired) electrons. The fourth-order valence-corrected chi connectivity index (χ4v) is 13.1. The number of rotatable bonds is 77. The standard InChI is InChI=1S/C82H159NO5/c1-3-5-7-9-11-13-15-17-19-20-21-37-40-43-47-50-54-58-62-66-70-74-80(85)79(78-84)83-81(86)75-71-67-63-59-55-51-48-44-41-38-35-33-31-29-27-25-23-22-24-26-28-30-32-34-36-39-42-45-49-53-57-61-65-69-73-77-88-82(87)76-72-68-64-60-56-52-46-18-16-14-12-10-8-6-4-2/h24,26,30,32,79-80,84-85H,3-23,25,27-29,31,33-78H2,1-2H3,(H,83,86)/b26-24-,32-30-. The molecule has 522 valence electrons. The fourth-order valence-electron chi connectivity index (χ4n) is 13.1. The molecule has 0 aromatic heterocycles. The number of ether oxygens (including phenoxy) is 1. The van der Waals surface area contributed by atoms with Gasteiger partial charge in [0.05, 0.1) is 25.4 Å². The third kappa shape index (κ3) is 73.4. The van der Waals surface area contributed by atoms with Crippen LogP contribution in [0.25, 0.3) is 0 Å². The maximum absolute atomic E-state index is 12.6. The van der Waals surface area contributed by atoms with Gasteiger partial charge in [0, 0.05) is 12.8 Å². The van der Waals surface area contributed by atoms with Crippen LogP contribution in [0.4, 0.5) is 0 Å². The van der Waals surface area contributed by atoms with E-state index in [4.69, 9.17) is 4.74 Å². The summed E-state index contributed by atoms with van der Waals surface area (Å²) in [7, 11) is 0. The minimum absolute atomic E-state index is 0.0207. The molecule has 0 aromatic carbocycles. The van der Waals surface area contributed by atoms with Gasteiger partial charge in [0.2, 0.25) is 5.91 Å². The SMILES string of the molecule is CCCCCCCCCCCCCCCCCCCCCCCC(O)C(CO)NC(=O)CCCCCCCCCCCCCCCCCCC/C=C\C/C=C\CCCCCCCCCCCCCOC(=O)CCCCCCCCCCCCCCCCC. The van der Waals surface area contributed by atoms with Crippen molar-refractivity contribution in [2.75, 3.05) is 13.2 Å². The van der Waals surface area contributed by atoms with E-state index >= 15 is 0 Å². The number of amides is 1. The van der Waals surface area contributed by atoms with Crippen molar-refractivity contribution in [1.82, 2.24) is 5.32 Å². The molecule has 0 fully saturated rings. The van der Waals surface area contributed by atoms with Crippen LogP contribution in [0.5, 0.6) is 0 Å². The Bertz CT molecular complexity index is 1380. The zero-order valence-corrected chi connectivity index (χ0v) is 60.0. The van der Waals surface area contributed by atoms with Crippen LogP contribution < -0.4 is 5.32 Å². The predicted molar refractivity (Wildman–Crippen MR) is 389 cm³/mol. The van der Waals surface area contributed by atoms with Crippen LogP contribution in [-0.4, -0.2) is 47.4 Å². The Morgan fingerprint density at radius 1 is 0.318 bits per heavy atom. The molecule has 0 saturated heterocycles. The second kappa shape index (κ2) is 77.8. The molecule has 88 heavy (non-hydrogen) atoms.